The maximum absolute atomic E-state index is 11.9. The van der Waals surface area contributed by atoms with E-state index in [1.54, 1.807) is 18.9 Å². The van der Waals surface area contributed by atoms with Crippen molar-refractivity contribution in [3.05, 3.63) is 29.8 Å². The molecule has 0 saturated carbocycles. The van der Waals surface area contributed by atoms with Gasteiger partial charge in [0.15, 0.2) is 0 Å². The van der Waals surface area contributed by atoms with Gasteiger partial charge < -0.3 is 15.4 Å². The molecule has 0 bridgehead atoms. The molecule has 2 N–H and O–H groups in total. The van der Waals surface area contributed by atoms with Crippen molar-refractivity contribution in [2.75, 3.05) is 26.8 Å². The zero-order chi connectivity index (χ0) is 14.8. The number of thioether (sulfide) groups is 1. The van der Waals surface area contributed by atoms with Crippen LogP contribution in [-0.4, -0.2) is 38.0 Å². The summed E-state index contributed by atoms with van der Waals surface area (Å²) < 4.78 is 4.92. The van der Waals surface area contributed by atoms with E-state index in [0.717, 1.165) is 18.0 Å². The van der Waals surface area contributed by atoms with Crippen molar-refractivity contribution in [3.8, 4) is 0 Å². The lowest BCUT2D eigenvalue weighted by Crippen LogP contribution is -2.33. The van der Waals surface area contributed by atoms with Gasteiger partial charge in [0, 0.05) is 25.1 Å². The van der Waals surface area contributed by atoms with Crippen molar-refractivity contribution in [2.45, 2.75) is 30.5 Å². The van der Waals surface area contributed by atoms with Crippen LogP contribution in [0.4, 0.5) is 0 Å². The number of nitrogens with one attached hydrogen (secondary N) is 2. The van der Waals surface area contributed by atoms with Crippen LogP contribution in [0.15, 0.2) is 29.2 Å². The highest BCUT2D eigenvalue weighted by Crippen LogP contribution is 2.24. The second kappa shape index (κ2) is 9.80. The predicted octanol–water partition coefficient (Wildman–Crippen LogP) is 2.04. The molecule has 0 heterocycles. The van der Waals surface area contributed by atoms with Crippen molar-refractivity contribution >= 4 is 17.7 Å². The summed E-state index contributed by atoms with van der Waals surface area (Å²) in [5, 5.41) is 6.05. The summed E-state index contributed by atoms with van der Waals surface area (Å²) in [4.78, 5) is 13.0. The van der Waals surface area contributed by atoms with Gasteiger partial charge in [-0.3, -0.25) is 4.79 Å². The van der Waals surface area contributed by atoms with Crippen LogP contribution < -0.4 is 10.6 Å². The summed E-state index contributed by atoms with van der Waals surface area (Å²) in [5.41, 5.74) is 1.24. The first kappa shape index (κ1) is 17.0. The number of hydrogen-bond donors (Lipinski definition) is 2. The van der Waals surface area contributed by atoms with Crippen LogP contribution >= 0.6 is 11.8 Å². The highest BCUT2D eigenvalue weighted by atomic mass is 32.2. The minimum atomic E-state index is -0.110. The van der Waals surface area contributed by atoms with Gasteiger partial charge >= 0.3 is 0 Å². The Bertz CT molecular complexity index is 413. The van der Waals surface area contributed by atoms with Crippen LogP contribution in [-0.2, 0) is 16.1 Å². The zero-order valence-corrected chi connectivity index (χ0v) is 13.3. The number of carbonyl (C=O) groups is 1. The molecule has 0 aliphatic rings. The van der Waals surface area contributed by atoms with Gasteiger partial charge in [0.2, 0.25) is 5.91 Å². The number of ether oxygens (including phenoxy) is 1. The molecule has 0 radical (unpaired) electrons. The Morgan fingerprint density at radius 2 is 2.25 bits per heavy atom. The Kier molecular flexibility index (Phi) is 8.34. The van der Waals surface area contributed by atoms with Crippen molar-refractivity contribution in [1.29, 1.82) is 0 Å². The predicted molar refractivity (Wildman–Crippen MR) is 84.0 cm³/mol. The van der Waals surface area contributed by atoms with Gasteiger partial charge in [-0.25, -0.2) is 0 Å². The van der Waals surface area contributed by atoms with E-state index in [4.69, 9.17) is 4.74 Å². The summed E-state index contributed by atoms with van der Waals surface area (Å²) in [6.45, 7) is 6.92. The highest BCUT2D eigenvalue weighted by molar-refractivity contribution is 8.00. The average molecular weight is 296 g/mol. The van der Waals surface area contributed by atoms with E-state index in [-0.39, 0.29) is 11.2 Å². The Labute approximate surface area is 125 Å². The van der Waals surface area contributed by atoms with Gasteiger partial charge in [-0.1, -0.05) is 19.1 Å². The fourth-order valence-corrected chi connectivity index (χ4v) is 2.65. The van der Waals surface area contributed by atoms with E-state index in [1.165, 1.54) is 5.56 Å². The lowest BCUT2D eigenvalue weighted by atomic mass is 10.2. The molecule has 4 nitrogen and oxygen atoms in total. The molecule has 1 amide bonds. The molecule has 0 saturated heterocycles. The first-order valence-corrected chi connectivity index (χ1v) is 7.78. The second-order valence-corrected chi connectivity index (χ2v) is 5.89. The molecule has 1 rings (SSSR count). The number of hydrogen-bond acceptors (Lipinski definition) is 4. The molecule has 0 fully saturated rings. The van der Waals surface area contributed by atoms with Crippen molar-refractivity contribution < 1.29 is 9.53 Å². The maximum Gasteiger partial charge on any atom is 0.233 e. The van der Waals surface area contributed by atoms with E-state index in [9.17, 15) is 4.79 Å². The molecule has 0 aromatic heterocycles. The monoisotopic (exact) mass is 296 g/mol. The highest BCUT2D eigenvalue weighted by Gasteiger charge is 2.13. The SMILES string of the molecule is CCNCc1cccc(SC(C)C(=O)NCCOC)c1. The minimum absolute atomic E-state index is 0.0455. The van der Waals surface area contributed by atoms with Crippen LogP contribution in [0.1, 0.15) is 19.4 Å². The number of methoxy groups -OCH3 is 1. The number of rotatable bonds is 9. The minimum Gasteiger partial charge on any atom is -0.383 e. The van der Waals surface area contributed by atoms with E-state index in [2.05, 4.69) is 29.7 Å². The smallest absolute Gasteiger partial charge is 0.233 e. The third-order valence-electron chi connectivity index (χ3n) is 2.77. The van der Waals surface area contributed by atoms with Crippen molar-refractivity contribution in [3.63, 3.8) is 0 Å². The third kappa shape index (κ3) is 6.41. The molecule has 0 aliphatic carbocycles. The molecule has 1 aromatic rings. The largest absolute Gasteiger partial charge is 0.383 e. The van der Waals surface area contributed by atoms with Gasteiger partial charge in [-0.15, -0.1) is 11.8 Å². The van der Waals surface area contributed by atoms with Gasteiger partial charge in [-0.05, 0) is 31.2 Å². The fourth-order valence-electron chi connectivity index (χ4n) is 1.68. The molecule has 112 valence electrons. The van der Waals surface area contributed by atoms with E-state index < -0.39 is 0 Å². The normalized spacial score (nSPS) is 12.2. The summed E-state index contributed by atoms with van der Waals surface area (Å²) in [5.74, 6) is 0.0455. The molecular weight excluding hydrogens is 272 g/mol. The van der Waals surface area contributed by atoms with Crippen molar-refractivity contribution in [2.24, 2.45) is 0 Å². The van der Waals surface area contributed by atoms with Gasteiger partial charge in [0.1, 0.15) is 0 Å². The molecule has 0 aliphatic heterocycles. The standard InChI is InChI=1S/C15H24N2O2S/c1-4-16-11-13-6-5-7-14(10-13)20-12(2)15(18)17-8-9-19-3/h5-7,10,12,16H,4,8-9,11H2,1-3H3,(H,17,18). The Balaban J connectivity index is 2.48. The molecule has 1 atom stereocenters. The summed E-state index contributed by atoms with van der Waals surface area (Å²) >= 11 is 1.58. The molecule has 1 aromatic carbocycles. The van der Waals surface area contributed by atoms with Gasteiger partial charge in [-0.2, -0.15) is 0 Å². The molecule has 1 unspecified atom stereocenters. The second-order valence-electron chi connectivity index (χ2n) is 4.47. The molecule has 5 heteroatoms. The van der Waals surface area contributed by atoms with Crippen LogP contribution in [0.3, 0.4) is 0 Å². The maximum atomic E-state index is 11.9. The lowest BCUT2D eigenvalue weighted by molar-refractivity contribution is -0.120. The molecule has 0 spiro atoms. The Morgan fingerprint density at radius 1 is 1.45 bits per heavy atom. The quantitative estimate of drug-likeness (QED) is 0.541. The van der Waals surface area contributed by atoms with E-state index in [0.29, 0.717) is 13.2 Å². The summed E-state index contributed by atoms with van der Waals surface area (Å²) in [7, 11) is 1.63. The first-order valence-electron chi connectivity index (χ1n) is 6.90. The van der Waals surface area contributed by atoms with Crippen LogP contribution in [0.2, 0.25) is 0 Å². The van der Waals surface area contributed by atoms with E-state index in [1.807, 2.05) is 19.1 Å². The van der Waals surface area contributed by atoms with Crippen LogP contribution in [0.25, 0.3) is 0 Å². The summed E-state index contributed by atoms with van der Waals surface area (Å²) in [6, 6.07) is 8.30. The molecule has 20 heavy (non-hydrogen) atoms. The number of amides is 1. The van der Waals surface area contributed by atoms with Crippen LogP contribution in [0.5, 0.6) is 0 Å². The van der Waals surface area contributed by atoms with Gasteiger partial charge in [0.05, 0.1) is 11.9 Å². The molecular formula is C15H24N2O2S. The average Bonchev–Trinajstić information content (AvgIpc) is 2.45. The number of benzene rings is 1. The first-order chi connectivity index (χ1) is 9.67. The topological polar surface area (TPSA) is 50.4 Å². The van der Waals surface area contributed by atoms with E-state index >= 15 is 0 Å². The summed E-state index contributed by atoms with van der Waals surface area (Å²) in [6.07, 6.45) is 0. The number of carbonyl (C=O) groups excluding carboxylic acids is 1. The van der Waals surface area contributed by atoms with Gasteiger partial charge in [0.25, 0.3) is 0 Å². The fraction of sp³-hybridized carbons (Fsp3) is 0.533. The Hall–Kier alpha value is -1.04. The van der Waals surface area contributed by atoms with Crippen LogP contribution in [0, 0.1) is 0 Å². The third-order valence-corrected chi connectivity index (χ3v) is 3.86. The zero-order valence-electron chi connectivity index (χ0n) is 12.4. The lowest BCUT2D eigenvalue weighted by Gasteiger charge is -2.12. The van der Waals surface area contributed by atoms with Crippen molar-refractivity contribution in [1.82, 2.24) is 10.6 Å². The Morgan fingerprint density at radius 3 is 2.95 bits per heavy atom.